The average molecular weight is 380 g/mol. The van der Waals surface area contributed by atoms with Crippen LogP contribution in [-0.4, -0.2) is 28.1 Å². The summed E-state index contributed by atoms with van der Waals surface area (Å²) < 4.78 is 15.2. The summed E-state index contributed by atoms with van der Waals surface area (Å²) in [7, 11) is 0. The molecule has 2 aromatic carbocycles. The number of carbonyl (C=O) groups is 2. The number of carboxylic acids is 1. The first-order chi connectivity index (χ1) is 13.4. The topological polar surface area (TPSA) is 79.6 Å². The number of benzene rings is 2. The molecular formula is C21H17FN2O4. The number of carbonyl (C=O) groups excluding carboxylic acids is 1. The van der Waals surface area contributed by atoms with Gasteiger partial charge in [0.25, 0.3) is 0 Å². The maximum atomic E-state index is 13.6. The molecule has 0 aliphatic carbocycles. The van der Waals surface area contributed by atoms with Crippen LogP contribution < -0.4 is 10.3 Å². The zero-order valence-electron chi connectivity index (χ0n) is 14.9. The van der Waals surface area contributed by atoms with Crippen LogP contribution in [0.1, 0.15) is 28.8 Å². The van der Waals surface area contributed by atoms with Gasteiger partial charge in [-0.2, -0.15) is 0 Å². The number of amides is 1. The van der Waals surface area contributed by atoms with Gasteiger partial charge in [-0.3, -0.25) is 9.59 Å². The van der Waals surface area contributed by atoms with E-state index in [2.05, 4.69) is 0 Å². The Labute approximate surface area is 159 Å². The van der Waals surface area contributed by atoms with Gasteiger partial charge in [0.15, 0.2) is 0 Å². The third-order valence-electron chi connectivity index (χ3n) is 4.95. The van der Waals surface area contributed by atoms with Crippen LogP contribution in [0, 0.1) is 5.82 Å². The highest BCUT2D eigenvalue weighted by Gasteiger charge is 2.21. The largest absolute Gasteiger partial charge is 0.477 e. The Morgan fingerprint density at radius 2 is 1.86 bits per heavy atom. The van der Waals surface area contributed by atoms with Crippen molar-refractivity contribution in [1.29, 1.82) is 0 Å². The van der Waals surface area contributed by atoms with Gasteiger partial charge < -0.3 is 14.6 Å². The SMILES string of the molecule is O=C(O)c1cn(Cc2ccc(N3CCCC3=O)cc2)c2ccc(F)cc2c1=O. The van der Waals surface area contributed by atoms with Gasteiger partial charge in [-0.15, -0.1) is 0 Å². The summed E-state index contributed by atoms with van der Waals surface area (Å²) in [5.41, 5.74) is 1.03. The number of aromatic nitrogens is 1. The van der Waals surface area contributed by atoms with E-state index in [-0.39, 0.29) is 11.3 Å². The summed E-state index contributed by atoms with van der Waals surface area (Å²) in [6.07, 6.45) is 2.68. The summed E-state index contributed by atoms with van der Waals surface area (Å²) in [6, 6.07) is 11.2. The molecule has 1 fully saturated rings. The molecule has 0 bridgehead atoms. The van der Waals surface area contributed by atoms with Crippen molar-refractivity contribution < 1.29 is 19.1 Å². The number of hydrogen-bond donors (Lipinski definition) is 1. The second kappa shape index (κ2) is 6.92. The zero-order valence-corrected chi connectivity index (χ0v) is 14.9. The Morgan fingerprint density at radius 1 is 1.11 bits per heavy atom. The minimum Gasteiger partial charge on any atom is -0.477 e. The van der Waals surface area contributed by atoms with Gasteiger partial charge in [-0.1, -0.05) is 12.1 Å². The van der Waals surface area contributed by atoms with E-state index in [1.165, 1.54) is 18.3 Å². The normalized spacial score (nSPS) is 14.0. The van der Waals surface area contributed by atoms with Gasteiger partial charge in [-0.05, 0) is 42.3 Å². The Balaban J connectivity index is 1.73. The number of halogens is 1. The minimum atomic E-state index is -1.35. The van der Waals surface area contributed by atoms with Gasteiger partial charge in [0, 0.05) is 36.8 Å². The van der Waals surface area contributed by atoms with Crippen LogP contribution in [0.25, 0.3) is 10.9 Å². The van der Waals surface area contributed by atoms with Crippen LogP contribution in [0.15, 0.2) is 53.5 Å². The lowest BCUT2D eigenvalue weighted by Crippen LogP contribution is -2.23. The fourth-order valence-electron chi connectivity index (χ4n) is 3.55. The number of hydrogen-bond acceptors (Lipinski definition) is 3. The standard InChI is InChI=1S/C21H17FN2O4/c22-14-5-8-18-16(10-14)20(26)17(21(27)28)12-23(18)11-13-3-6-15(7-4-13)24-9-1-2-19(24)25/h3-8,10,12H,1-2,9,11H2,(H,27,28). The van der Waals surface area contributed by atoms with Gasteiger partial charge in [0.2, 0.25) is 11.3 Å². The van der Waals surface area contributed by atoms with E-state index in [9.17, 15) is 23.9 Å². The molecule has 1 aromatic heterocycles. The Hall–Kier alpha value is -3.48. The average Bonchev–Trinajstić information content (AvgIpc) is 3.10. The first-order valence-electron chi connectivity index (χ1n) is 8.89. The lowest BCUT2D eigenvalue weighted by molar-refractivity contribution is -0.117. The molecule has 0 atom stereocenters. The van der Waals surface area contributed by atoms with E-state index < -0.39 is 22.8 Å². The lowest BCUT2D eigenvalue weighted by Gasteiger charge is -2.17. The summed E-state index contributed by atoms with van der Waals surface area (Å²) in [4.78, 5) is 37.4. The molecule has 7 heteroatoms. The van der Waals surface area contributed by atoms with Crippen LogP contribution >= 0.6 is 0 Å². The van der Waals surface area contributed by atoms with Gasteiger partial charge in [0.05, 0.1) is 5.52 Å². The molecule has 2 heterocycles. The molecule has 0 spiro atoms. The van der Waals surface area contributed by atoms with E-state index in [0.29, 0.717) is 25.0 Å². The van der Waals surface area contributed by atoms with Crippen molar-refractivity contribution in [3.05, 3.63) is 75.8 Å². The van der Waals surface area contributed by atoms with E-state index in [0.717, 1.165) is 23.7 Å². The number of pyridine rings is 1. The van der Waals surface area contributed by atoms with Crippen LogP contribution in [-0.2, 0) is 11.3 Å². The second-order valence-electron chi connectivity index (χ2n) is 6.78. The van der Waals surface area contributed by atoms with Gasteiger partial charge in [-0.25, -0.2) is 9.18 Å². The van der Waals surface area contributed by atoms with Crippen molar-refractivity contribution in [2.45, 2.75) is 19.4 Å². The van der Waals surface area contributed by atoms with Gasteiger partial charge in [0.1, 0.15) is 11.4 Å². The van der Waals surface area contributed by atoms with Crippen molar-refractivity contribution in [2.24, 2.45) is 0 Å². The predicted molar refractivity (Wildman–Crippen MR) is 102 cm³/mol. The number of aromatic carboxylic acids is 1. The molecular weight excluding hydrogens is 363 g/mol. The van der Waals surface area contributed by atoms with Crippen LogP contribution in [0.4, 0.5) is 10.1 Å². The number of nitrogens with zero attached hydrogens (tertiary/aromatic N) is 2. The second-order valence-corrected chi connectivity index (χ2v) is 6.78. The fraction of sp³-hybridized carbons (Fsp3) is 0.190. The molecule has 0 saturated carbocycles. The summed E-state index contributed by atoms with van der Waals surface area (Å²) in [5.74, 6) is -1.85. The molecule has 1 N–H and O–H groups in total. The van der Waals surface area contributed by atoms with Crippen LogP contribution in [0.2, 0.25) is 0 Å². The van der Waals surface area contributed by atoms with E-state index in [4.69, 9.17) is 0 Å². The molecule has 0 unspecified atom stereocenters. The maximum absolute atomic E-state index is 13.6. The highest BCUT2D eigenvalue weighted by Crippen LogP contribution is 2.22. The Morgan fingerprint density at radius 3 is 2.50 bits per heavy atom. The molecule has 3 aromatic rings. The molecule has 28 heavy (non-hydrogen) atoms. The van der Waals surface area contributed by atoms with E-state index >= 15 is 0 Å². The van der Waals surface area contributed by atoms with Crippen molar-refractivity contribution in [1.82, 2.24) is 4.57 Å². The molecule has 1 saturated heterocycles. The molecule has 6 nitrogen and oxygen atoms in total. The minimum absolute atomic E-state index is 0.0270. The first kappa shape index (κ1) is 17.9. The fourth-order valence-corrected chi connectivity index (χ4v) is 3.55. The van der Waals surface area contributed by atoms with Crippen molar-refractivity contribution in [2.75, 3.05) is 11.4 Å². The van der Waals surface area contributed by atoms with E-state index in [1.807, 2.05) is 24.3 Å². The Bertz CT molecular complexity index is 1150. The molecule has 1 aliphatic heterocycles. The first-order valence-corrected chi connectivity index (χ1v) is 8.89. The highest BCUT2D eigenvalue weighted by molar-refractivity contribution is 5.95. The van der Waals surface area contributed by atoms with Crippen LogP contribution in [0.5, 0.6) is 0 Å². The lowest BCUT2D eigenvalue weighted by atomic mass is 10.1. The highest BCUT2D eigenvalue weighted by atomic mass is 19.1. The number of fused-ring (bicyclic) bond motifs is 1. The molecule has 1 amide bonds. The number of rotatable bonds is 4. The molecule has 1 aliphatic rings. The van der Waals surface area contributed by atoms with Crippen molar-refractivity contribution in [3.63, 3.8) is 0 Å². The van der Waals surface area contributed by atoms with Crippen LogP contribution in [0.3, 0.4) is 0 Å². The molecule has 0 radical (unpaired) electrons. The van der Waals surface area contributed by atoms with Crippen molar-refractivity contribution >= 4 is 28.5 Å². The summed E-state index contributed by atoms with van der Waals surface area (Å²) in [6.45, 7) is 1.01. The molecule has 4 rings (SSSR count). The number of carboxylic acid groups (broad SMARTS) is 1. The number of anilines is 1. The Kier molecular flexibility index (Phi) is 4.43. The predicted octanol–water partition coefficient (Wildman–Crippen LogP) is 3.01. The van der Waals surface area contributed by atoms with Gasteiger partial charge >= 0.3 is 5.97 Å². The monoisotopic (exact) mass is 380 g/mol. The summed E-state index contributed by atoms with van der Waals surface area (Å²) >= 11 is 0. The van der Waals surface area contributed by atoms with Crippen molar-refractivity contribution in [3.8, 4) is 0 Å². The summed E-state index contributed by atoms with van der Waals surface area (Å²) in [5, 5.41) is 9.35. The zero-order chi connectivity index (χ0) is 19.8. The third kappa shape index (κ3) is 3.15. The smallest absolute Gasteiger partial charge is 0.341 e. The quantitative estimate of drug-likeness (QED) is 0.755. The third-order valence-corrected chi connectivity index (χ3v) is 4.95. The maximum Gasteiger partial charge on any atom is 0.341 e. The molecule has 142 valence electrons. The van der Waals surface area contributed by atoms with E-state index in [1.54, 1.807) is 9.47 Å².